The van der Waals surface area contributed by atoms with Crippen LogP contribution in [0.3, 0.4) is 0 Å². The second kappa shape index (κ2) is 25.0. The third-order valence-electron chi connectivity index (χ3n) is 12.3. The lowest BCUT2D eigenvalue weighted by atomic mass is 9.41. The fourth-order valence-corrected chi connectivity index (χ4v) is 8.85. The normalized spacial score (nSPS) is 19.7. The first-order valence-corrected chi connectivity index (χ1v) is 21.9. The predicted molar refractivity (Wildman–Crippen MR) is 238 cm³/mol. The fourth-order valence-electron chi connectivity index (χ4n) is 8.85. The van der Waals surface area contributed by atoms with Crippen LogP contribution in [0, 0.1) is 22.7 Å². The van der Waals surface area contributed by atoms with Crippen LogP contribution in [0.5, 0.6) is 0 Å². The van der Waals surface area contributed by atoms with Crippen LogP contribution in [0.2, 0.25) is 0 Å². The summed E-state index contributed by atoms with van der Waals surface area (Å²) in [4.78, 5) is 176. The highest BCUT2D eigenvalue weighted by atomic mass is 16.4. The third kappa shape index (κ3) is 12.4. The molecule has 67 heavy (non-hydrogen) atoms. The lowest BCUT2D eigenvalue weighted by Crippen LogP contribution is -2.87. The number of aliphatic carboxylic acids is 1. The van der Waals surface area contributed by atoms with E-state index >= 15 is 38.4 Å². The number of amides is 6. The van der Waals surface area contributed by atoms with Crippen molar-refractivity contribution in [3.8, 4) is 0 Å². The summed E-state index contributed by atoms with van der Waals surface area (Å²) >= 11 is 0. The van der Waals surface area contributed by atoms with Gasteiger partial charge in [0.25, 0.3) is 0 Å². The van der Waals surface area contributed by atoms with E-state index in [4.69, 9.17) is 63.1 Å². The van der Waals surface area contributed by atoms with E-state index in [2.05, 4.69) is 5.32 Å². The Balaban J connectivity index is 5.79. The molecule has 1 heterocycles. The van der Waals surface area contributed by atoms with E-state index in [-0.39, 0.29) is 25.8 Å². The average molecular weight is 954 g/mol. The molecule has 0 aromatic heterocycles. The highest BCUT2D eigenvalue weighted by molar-refractivity contribution is 6.33. The maximum atomic E-state index is 16.4. The first-order valence-electron chi connectivity index (χ1n) is 21.9. The monoisotopic (exact) mass is 954 g/mol. The number of ketones is 5. The summed E-state index contributed by atoms with van der Waals surface area (Å²) in [6, 6.07) is -16.0. The van der Waals surface area contributed by atoms with Gasteiger partial charge < -0.3 is 73.5 Å². The second-order valence-electron chi connectivity index (χ2n) is 17.6. The zero-order valence-corrected chi connectivity index (χ0v) is 38.5. The summed E-state index contributed by atoms with van der Waals surface area (Å²) < 4.78 is 0. The van der Waals surface area contributed by atoms with Gasteiger partial charge in [-0.05, 0) is 63.5 Å². The van der Waals surface area contributed by atoms with Crippen LogP contribution in [0.25, 0.3) is 0 Å². The van der Waals surface area contributed by atoms with E-state index in [0.29, 0.717) is 0 Å². The Morgan fingerprint density at radius 3 is 1.51 bits per heavy atom. The number of nitrogens with zero attached hydrogens (tertiary/aromatic N) is 1. The van der Waals surface area contributed by atoms with Gasteiger partial charge >= 0.3 is 5.97 Å². The van der Waals surface area contributed by atoms with Gasteiger partial charge in [0, 0.05) is 19.3 Å². The molecule has 0 aromatic rings. The van der Waals surface area contributed by atoms with Crippen LogP contribution in [0.4, 0.5) is 0 Å². The molecule has 24 N–H and O–H groups in total. The Morgan fingerprint density at radius 2 is 1.13 bits per heavy atom. The largest absolute Gasteiger partial charge is 0.479 e. The van der Waals surface area contributed by atoms with Crippen molar-refractivity contribution in [2.75, 3.05) is 13.1 Å². The van der Waals surface area contributed by atoms with Crippen molar-refractivity contribution < 1.29 is 62.6 Å². The molecule has 1 aliphatic heterocycles. The number of primary amides is 4. The minimum Gasteiger partial charge on any atom is -0.479 e. The number of carbonyl (C=O) groups excluding carboxylic acids is 11. The summed E-state index contributed by atoms with van der Waals surface area (Å²) in [6.07, 6.45) is -8.24. The number of rotatable bonds is 32. The minimum absolute atomic E-state index is 0.00541. The topological polar surface area (TPSA) is 527 Å². The van der Waals surface area contributed by atoms with Crippen molar-refractivity contribution in [3.63, 3.8) is 0 Å². The summed E-state index contributed by atoms with van der Waals surface area (Å²) in [7, 11) is 0. The van der Waals surface area contributed by atoms with Crippen molar-refractivity contribution in [2.24, 2.45) is 85.7 Å². The van der Waals surface area contributed by atoms with E-state index in [1.54, 1.807) is 0 Å². The maximum absolute atomic E-state index is 16.4. The molecule has 0 bridgehead atoms. The lowest BCUT2D eigenvalue weighted by molar-refractivity contribution is -0.200. The van der Waals surface area contributed by atoms with Gasteiger partial charge in [-0.1, -0.05) is 34.1 Å². The van der Waals surface area contributed by atoms with E-state index < -0.39 is 204 Å². The zero-order chi connectivity index (χ0) is 52.1. The Bertz CT molecular complexity index is 1890. The minimum atomic E-state index is -4.71. The van der Waals surface area contributed by atoms with E-state index in [0.717, 1.165) is 0 Å². The third-order valence-corrected chi connectivity index (χ3v) is 12.3. The Kier molecular flexibility index (Phi) is 22.3. The molecule has 0 spiro atoms. The van der Waals surface area contributed by atoms with Crippen molar-refractivity contribution >= 4 is 70.3 Å². The van der Waals surface area contributed by atoms with Crippen molar-refractivity contribution in [1.82, 2.24) is 10.2 Å². The van der Waals surface area contributed by atoms with E-state index in [9.17, 15) is 24.3 Å². The number of carboxylic acids is 1. The number of imide groups is 1. The molecule has 1 aliphatic rings. The summed E-state index contributed by atoms with van der Waals surface area (Å²) in [5, 5.41) is 15.0. The molecule has 0 saturated carbocycles. The van der Waals surface area contributed by atoms with Gasteiger partial charge in [0.2, 0.25) is 41.0 Å². The summed E-state index contributed by atoms with van der Waals surface area (Å²) in [6.45, 7) is 4.80. The molecule has 378 valence electrons. The first kappa shape index (κ1) is 59.5. The van der Waals surface area contributed by atoms with Gasteiger partial charge in [0.05, 0.1) is 48.7 Å². The van der Waals surface area contributed by atoms with Crippen LogP contribution in [0.1, 0.15) is 98.3 Å². The van der Waals surface area contributed by atoms with E-state index in [1.807, 2.05) is 0 Å². The van der Waals surface area contributed by atoms with Crippen LogP contribution >= 0.6 is 0 Å². The summed E-state index contributed by atoms with van der Waals surface area (Å²) in [5.74, 6) is -23.4. The van der Waals surface area contributed by atoms with Crippen LogP contribution < -0.4 is 68.4 Å². The molecular weight excluding hydrogens is 883 g/mol. The van der Waals surface area contributed by atoms with Crippen molar-refractivity contribution in [3.05, 3.63) is 0 Å². The second-order valence-corrected chi connectivity index (χ2v) is 17.6. The number of Topliss-reactive ketones (excluding diaryl/α,β-unsaturated/α-hetero) is 5. The van der Waals surface area contributed by atoms with Gasteiger partial charge in [-0.2, -0.15) is 0 Å². The number of nitrogens with one attached hydrogen (secondary N) is 1. The van der Waals surface area contributed by atoms with Gasteiger partial charge in [-0.25, -0.2) is 4.79 Å². The molecule has 10 atom stereocenters. The van der Waals surface area contributed by atoms with Crippen molar-refractivity contribution in [2.45, 2.75) is 146 Å². The molecule has 10 unspecified atom stereocenters. The van der Waals surface area contributed by atoms with Gasteiger partial charge in [0.1, 0.15) is 5.41 Å². The number of nitrogens with two attached hydrogens (primary N) is 11. The number of hydrogen-bond donors (Lipinski definition) is 13. The summed E-state index contributed by atoms with van der Waals surface area (Å²) in [5.41, 5.74) is 53.4. The quantitative estimate of drug-likeness (QED) is 0.0279. The molecule has 1 rings (SSSR count). The van der Waals surface area contributed by atoms with Gasteiger partial charge in [0.15, 0.2) is 34.3 Å². The highest BCUT2D eigenvalue weighted by Crippen LogP contribution is 2.58. The lowest BCUT2D eigenvalue weighted by Gasteiger charge is -2.59. The fraction of sp³-hybridized carbons (Fsp3) is 0.707. The molecule has 0 aliphatic carbocycles. The average Bonchev–Trinajstić information content (AvgIpc) is 3.79. The predicted octanol–water partition coefficient (Wildman–Crippen LogP) is -6.58. The SMILES string of the molecule is CCC(C)C(N)C(=O)C(CCN)(C(=O)C(N)CC(N)=O)C(C(=O)C(N)CCC(N)=O)(C(=O)C(N)CCC(N)=O)C(C(=O)O)(C(=O)C(N)CC(C)C)N(C(=O)C(N)CC(N)=O)C(=O)C1CCCN1. The Labute approximate surface area is 387 Å². The molecule has 26 nitrogen and oxygen atoms in total. The molecule has 1 fully saturated rings. The van der Waals surface area contributed by atoms with Crippen molar-refractivity contribution in [1.29, 1.82) is 0 Å². The van der Waals surface area contributed by atoms with Crippen LogP contribution in [-0.4, -0.2) is 141 Å². The zero-order valence-electron chi connectivity index (χ0n) is 38.5. The molecular formula is C41H71N13O13. The van der Waals surface area contributed by atoms with Gasteiger partial charge in [-0.3, -0.25) is 57.6 Å². The highest BCUT2D eigenvalue weighted by Gasteiger charge is 2.85. The Morgan fingerprint density at radius 1 is 0.657 bits per heavy atom. The molecule has 6 amide bonds. The molecule has 1 saturated heterocycles. The number of carbonyl (C=O) groups is 12. The smallest absolute Gasteiger partial charge is 0.339 e. The molecule has 0 aromatic carbocycles. The maximum Gasteiger partial charge on any atom is 0.339 e. The van der Waals surface area contributed by atoms with E-state index in [1.165, 1.54) is 27.7 Å². The Hall–Kier alpha value is -5.48. The standard InChI is InChI=1S/C41H71N13O13/c1-5-19(4)30(52)35(63)39(12-13-42,31(59)23(46)16-28(50)57)40(32(60)20(43)8-10-26(48)55,33(61)21(44)9-11-27(49)56)41(38(66)67,34(62)22(45)15-18(2)3)54(36(64)24(47)17-29(51)58)37(65)25-7-6-14-53-25/h18-25,30,53H,5-17,42-47,52H2,1-4H3,(H2,48,55)(H2,49,56)(H2,50,57)(H2,51,58)(H,66,67). The molecule has 0 radical (unpaired) electrons. The first-order chi connectivity index (χ1) is 30.9. The number of carboxylic acid groups (broad SMARTS) is 1. The van der Waals surface area contributed by atoms with Crippen LogP contribution in [0.15, 0.2) is 0 Å². The van der Waals surface area contributed by atoms with Crippen LogP contribution in [-0.2, 0) is 57.5 Å². The molecule has 26 heteroatoms. The van der Waals surface area contributed by atoms with Gasteiger partial charge in [-0.15, -0.1) is 0 Å². The number of hydrogen-bond acceptors (Lipinski definition) is 20.